The minimum absolute atomic E-state index is 0.0716. The molecule has 0 radical (unpaired) electrons. The summed E-state index contributed by atoms with van der Waals surface area (Å²) < 4.78 is 5.27. The number of anilines is 6. The predicted octanol–water partition coefficient (Wildman–Crippen LogP) is 11.2. The topological polar surface area (TPSA) is 11.4 Å². The zero-order valence-corrected chi connectivity index (χ0v) is 29.5. The van der Waals surface area contributed by atoms with E-state index >= 15 is 0 Å². The highest BCUT2D eigenvalue weighted by Crippen LogP contribution is 2.48. The Morgan fingerprint density at radius 2 is 1.06 bits per heavy atom. The zero-order valence-electron chi connectivity index (χ0n) is 28.6. The molecule has 0 saturated heterocycles. The van der Waals surface area contributed by atoms with Crippen LogP contribution >= 0.6 is 11.3 Å². The van der Waals surface area contributed by atoms with Crippen LogP contribution in [0.2, 0.25) is 0 Å². The number of thiophene rings is 1. The van der Waals surface area contributed by atoms with Crippen LogP contribution < -0.4 is 26.2 Å². The standard InChI is InChI=1S/C48H30BN3S/c1-4-15-31(16-5-1)50(32-17-6-2-7-18-32)34-29-41-46-42(30-34)52-47-35(36-27-28-44-45(48(36)52)37-21-10-13-26-43(37)53-44)22-14-24-39(47)49(46)38-23-11-12-25-40(38)51(41)33-19-8-3-9-20-33/h1-30H. The summed E-state index contributed by atoms with van der Waals surface area (Å²) in [5.74, 6) is 0. The molecular formula is C48H30BN3S. The summed E-state index contributed by atoms with van der Waals surface area (Å²) in [4.78, 5) is 4.91. The molecule has 2 aliphatic heterocycles. The normalized spacial score (nSPS) is 12.8. The van der Waals surface area contributed by atoms with E-state index in [-0.39, 0.29) is 6.71 Å². The number of para-hydroxylation sites is 5. The number of fused-ring (bicyclic) bond motifs is 11. The molecule has 0 atom stereocenters. The summed E-state index contributed by atoms with van der Waals surface area (Å²) >= 11 is 1.89. The molecule has 0 aliphatic carbocycles. The number of hydrogen-bond donors (Lipinski definition) is 0. The molecule has 10 aromatic rings. The third kappa shape index (κ3) is 4.00. The maximum atomic E-state index is 2.63. The largest absolute Gasteiger partial charge is 0.311 e. The second kappa shape index (κ2) is 11.0. The Balaban J connectivity index is 1.29. The van der Waals surface area contributed by atoms with E-state index in [0.29, 0.717) is 0 Å². The molecule has 8 aromatic carbocycles. The van der Waals surface area contributed by atoms with Gasteiger partial charge in [-0.25, -0.2) is 0 Å². The third-order valence-electron chi connectivity index (χ3n) is 11.3. The maximum Gasteiger partial charge on any atom is 0.252 e. The van der Waals surface area contributed by atoms with Gasteiger partial charge in [0.1, 0.15) is 0 Å². The maximum absolute atomic E-state index is 2.63. The van der Waals surface area contributed by atoms with Crippen LogP contribution in [0.1, 0.15) is 0 Å². The molecule has 246 valence electrons. The molecule has 2 aromatic heterocycles. The van der Waals surface area contributed by atoms with E-state index in [1.165, 1.54) is 75.4 Å². The summed E-state index contributed by atoms with van der Waals surface area (Å²) in [6.45, 7) is 0.0716. The average molecular weight is 692 g/mol. The van der Waals surface area contributed by atoms with E-state index in [0.717, 1.165) is 22.7 Å². The molecule has 0 amide bonds. The van der Waals surface area contributed by atoms with Crippen molar-refractivity contribution in [1.29, 1.82) is 0 Å². The molecule has 2 aliphatic rings. The number of hydrogen-bond acceptors (Lipinski definition) is 3. The Morgan fingerprint density at radius 3 is 1.85 bits per heavy atom. The highest BCUT2D eigenvalue weighted by Gasteiger charge is 2.42. The predicted molar refractivity (Wildman–Crippen MR) is 228 cm³/mol. The number of benzene rings is 8. The highest BCUT2D eigenvalue weighted by molar-refractivity contribution is 7.26. The summed E-state index contributed by atoms with van der Waals surface area (Å²) in [6, 6.07) is 67.0. The van der Waals surface area contributed by atoms with Crippen LogP contribution in [-0.2, 0) is 0 Å². The first kappa shape index (κ1) is 29.1. The molecule has 53 heavy (non-hydrogen) atoms. The number of aromatic nitrogens is 1. The lowest BCUT2D eigenvalue weighted by Crippen LogP contribution is -2.60. The lowest BCUT2D eigenvalue weighted by atomic mass is 9.34. The fraction of sp³-hybridized carbons (Fsp3) is 0. The van der Waals surface area contributed by atoms with Gasteiger partial charge in [0, 0.05) is 70.6 Å². The molecule has 0 N–H and O–H groups in total. The summed E-state index contributed by atoms with van der Waals surface area (Å²) in [5, 5.41) is 5.25. The van der Waals surface area contributed by atoms with Crippen LogP contribution in [0.5, 0.6) is 0 Å². The van der Waals surface area contributed by atoms with Gasteiger partial charge in [-0.1, -0.05) is 115 Å². The van der Waals surface area contributed by atoms with Crippen LogP contribution in [0.4, 0.5) is 34.1 Å². The van der Waals surface area contributed by atoms with E-state index < -0.39 is 0 Å². The van der Waals surface area contributed by atoms with Gasteiger partial charge in [0.05, 0.1) is 11.2 Å². The molecule has 0 spiro atoms. The Kier molecular flexibility index (Phi) is 6.02. The van der Waals surface area contributed by atoms with Crippen LogP contribution in [0.15, 0.2) is 182 Å². The van der Waals surface area contributed by atoms with Crippen molar-refractivity contribution in [3.05, 3.63) is 182 Å². The van der Waals surface area contributed by atoms with Crippen molar-refractivity contribution >= 4 is 111 Å². The molecule has 5 heteroatoms. The van der Waals surface area contributed by atoms with Crippen molar-refractivity contribution < 1.29 is 0 Å². The Bertz CT molecular complexity index is 3040. The Hall–Kier alpha value is -6.56. The molecule has 12 rings (SSSR count). The zero-order chi connectivity index (χ0) is 34.6. The average Bonchev–Trinajstić information content (AvgIpc) is 3.77. The van der Waals surface area contributed by atoms with Crippen LogP contribution in [0, 0.1) is 0 Å². The van der Waals surface area contributed by atoms with Crippen molar-refractivity contribution in [2.24, 2.45) is 0 Å². The SMILES string of the molecule is c1ccc(N(c2ccccc2)c2cc3c4c(c2)-n2c5c(cccc5c5ccc6sc7ccccc7c6c52)B4c2ccccc2N3c2ccccc2)cc1. The summed E-state index contributed by atoms with van der Waals surface area (Å²) in [7, 11) is 0. The monoisotopic (exact) mass is 691 g/mol. The smallest absolute Gasteiger partial charge is 0.252 e. The number of rotatable bonds is 4. The lowest BCUT2D eigenvalue weighted by Gasteiger charge is -2.41. The van der Waals surface area contributed by atoms with Gasteiger partial charge in [-0.3, -0.25) is 0 Å². The van der Waals surface area contributed by atoms with Crippen molar-refractivity contribution in [3.8, 4) is 5.69 Å². The van der Waals surface area contributed by atoms with Crippen molar-refractivity contribution in [3.63, 3.8) is 0 Å². The van der Waals surface area contributed by atoms with E-state index in [9.17, 15) is 0 Å². The van der Waals surface area contributed by atoms with Gasteiger partial charge in [-0.05, 0) is 83.1 Å². The van der Waals surface area contributed by atoms with Crippen LogP contribution in [0.25, 0.3) is 47.7 Å². The van der Waals surface area contributed by atoms with E-state index in [4.69, 9.17) is 0 Å². The van der Waals surface area contributed by atoms with Gasteiger partial charge in [-0.2, -0.15) is 0 Å². The quantitative estimate of drug-likeness (QED) is 0.170. The van der Waals surface area contributed by atoms with E-state index in [1.54, 1.807) is 0 Å². The highest BCUT2D eigenvalue weighted by atomic mass is 32.1. The van der Waals surface area contributed by atoms with Gasteiger partial charge < -0.3 is 14.4 Å². The fourth-order valence-corrected chi connectivity index (χ4v) is 10.4. The molecule has 0 unspecified atom stereocenters. The molecule has 0 bridgehead atoms. The minimum atomic E-state index is 0.0716. The summed E-state index contributed by atoms with van der Waals surface area (Å²) in [6.07, 6.45) is 0. The van der Waals surface area contributed by atoms with Crippen molar-refractivity contribution in [2.45, 2.75) is 0 Å². The Morgan fingerprint density at radius 1 is 0.434 bits per heavy atom. The summed E-state index contributed by atoms with van der Waals surface area (Å²) in [5.41, 5.74) is 14.8. The van der Waals surface area contributed by atoms with Gasteiger partial charge in [0.2, 0.25) is 0 Å². The van der Waals surface area contributed by atoms with Gasteiger partial charge >= 0.3 is 0 Å². The van der Waals surface area contributed by atoms with Gasteiger partial charge in [-0.15, -0.1) is 11.3 Å². The molecular weight excluding hydrogens is 661 g/mol. The molecule has 0 fully saturated rings. The first-order valence-electron chi connectivity index (χ1n) is 18.2. The first-order chi connectivity index (χ1) is 26.3. The van der Waals surface area contributed by atoms with Crippen molar-refractivity contribution in [1.82, 2.24) is 4.57 Å². The number of nitrogens with zero attached hydrogens (tertiary/aromatic N) is 3. The minimum Gasteiger partial charge on any atom is -0.311 e. The fourth-order valence-electron chi connectivity index (χ4n) is 9.27. The Labute approximate surface area is 311 Å². The van der Waals surface area contributed by atoms with E-state index in [1.807, 2.05) is 11.3 Å². The first-order valence-corrected chi connectivity index (χ1v) is 19.0. The van der Waals surface area contributed by atoms with E-state index in [2.05, 4.69) is 196 Å². The molecule has 0 saturated carbocycles. The van der Waals surface area contributed by atoms with Gasteiger partial charge in [0.25, 0.3) is 6.71 Å². The third-order valence-corrected chi connectivity index (χ3v) is 12.4. The molecule has 4 heterocycles. The van der Waals surface area contributed by atoms with Crippen LogP contribution in [-0.4, -0.2) is 11.3 Å². The van der Waals surface area contributed by atoms with Crippen molar-refractivity contribution in [2.75, 3.05) is 9.80 Å². The lowest BCUT2D eigenvalue weighted by molar-refractivity contribution is 1.17. The second-order valence-electron chi connectivity index (χ2n) is 14.1. The second-order valence-corrected chi connectivity index (χ2v) is 15.2. The van der Waals surface area contributed by atoms with Gasteiger partial charge in [0.15, 0.2) is 0 Å². The molecule has 3 nitrogen and oxygen atoms in total. The van der Waals surface area contributed by atoms with Crippen LogP contribution in [0.3, 0.4) is 0 Å².